The first kappa shape index (κ1) is 19.6. The summed E-state index contributed by atoms with van der Waals surface area (Å²) in [5.74, 6) is -0.0313. The standard InChI is InChI=1S/C20H20N4O3S2.H2/c25-19(14-21-13-15-4-2-1-3-5-15)24-10-8-16-12-17(6-7-18(16)24)29(26,27)23-20-22-9-11-28-20;/h1-7,9,11-12,21H,8,10,13-14H2,(H,22,23);1H. The van der Waals surface area contributed by atoms with E-state index in [0.29, 0.717) is 24.6 Å². The van der Waals surface area contributed by atoms with E-state index in [4.69, 9.17) is 0 Å². The minimum Gasteiger partial charge on any atom is -0.311 e. The first-order valence-electron chi connectivity index (χ1n) is 9.13. The molecular weight excluding hydrogens is 408 g/mol. The first-order valence-corrected chi connectivity index (χ1v) is 11.5. The van der Waals surface area contributed by atoms with Gasteiger partial charge in [-0.2, -0.15) is 0 Å². The fourth-order valence-electron chi connectivity index (χ4n) is 3.26. The van der Waals surface area contributed by atoms with Crippen molar-refractivity contribution < 1.29 is 14.6 Å². The molecule has 1 amide bonds. The third-order valence-corrected chi connectivity index (χ3v) is 6.81. The van der Waals surface area contributed by atoms with Crippen LogP contribution in [0.1, 0.15) is 12.6 Å². The van der Waals surface area contributed by atoms with Crippen LogP contribution >= 0.6 is 11.3 Å². The summed E-state index contributed by atoms with van der Waals surface area (Å²) in [7, 11) is -3.71. The van der Waals surface area contributed by atoms with Gasteiger partial charge in [0.25, 0.3) is 10.0 Å². The second kappa shape index (κ2) is 8.32. The zero-order chi connectivity index (χ0) is 20.3. The maximum absolute atomic E-state index is 12.6. The van der Waals surface area contributed by atoms with Crippen molar-refractivity contribution in [2.75, 3.05) is 22.7 Å². The number of thiazole rings is 1. The highest BCUT2D eigenvalue weighted by Gasteiger charge is 2.26. The van der Waals surface area contributed by atoms with E-state index in [1.165, 1.54) is 17.4 Å². The van der Waals surface area contributed by atoms with Crippen LogP contribution in [-0.2, 0) is 27.8 Å². The van der Waals surface area contributed by atoms with E-state index in [0.717, 1.165) is 16.8 Å². The summed E-state index contributed by atoms with van der Waals surface area (Å²) < 4.78 is 27.6. The number of carbonyl (C=O) groups excluding carboxylic acids is 1. The number of aromatic nitrogens is 1. The van der Waals surface area contributed by atoms with E-state index in [2.05, 4.69) is 15.0 Å². The molecule has 3 aromatic rings. The van der Waals surface area contributed by atoms with Crippen LogP contribution < -0.4 is 14.9 Å². The van der Waals surface area contributed by atoms with Crippen LogP contribution in [0.4, 0.5) is 10.8 Å². The van der Waals surface area contributed by atoms with Gasteiger partial charge in [0.1, 0.15) is 0 Å². The average molecular weight is 431 g/mol. The number of hydrogen-bond donors (Lipinski definition) is 2. The quantitative estimate of drug-likeness (QED) is 0.601. The van der Waals surface area contributed by atoms with Gasteiger partial charge in [0.15, 0.2) is 5.13 Å². The zero-order valence-corrected chi connectivity index (χ0v) is 17.2. The summed E-state index contributed by atoms with van der Waals surface area (Å²) in [6.07, 6.45) is 2.17. The van der Waals surface area contributed by atoms with Crippen LogP contribution in [-0.4, -0.2) is 32.4 Å². The van der Waals surface area contributed by atoms with Crippen LogP contribution in [0.15, 0.2) is 65.0 Å². The monoisotopic (exact) mass is 430 g/mol. The molecule has 9 heteroatoms. The number of nitrogens with zero attached hydrogens (tertiary/aromatic N) is 2. The molecule has 0 radical (unpaired) electrons. The first-order chi connectivity index (χ1) is 14.0. The van der Waals surface area contributed by atoms with Crippen molar-refractivity contribution in [2.45, 2.75) is 17.9 Å². The van der Waals surface area contributed by atoms with Crippen molar-refractivity contribution in [2.24, 2.45) is 0 Å². The molecule has 2 aromatic carbocycles. The maximum Gasteiger partial charge on any atom is 0.263 e. The SMILES string of the molecule is O=C(CNCc1ccccc1)N1CCc2cc(S(=O)(=O)Nc3nccs3)ccc21.[HH]. The number of anilines is 2. The number of fused-ring (bicyclic) bond motifs is 1. The molecule has 0 saturated carbocycles. The lowest BCUT2D eigenvalue weighted by molar-refractivity contribution is -0.117. The van der Waals surface area contributed by atoms with Crippen molar-refractivity contribution in [3.8, 4) is 0 Å². The molecule has 0 bridgehead atoms. The van der Waals surface area contributed by atoms with Gasteiger partial charge in [0.05, 0.1) is 11.4 Å². The maximum atomic E-state index is 12.6. The van der Waals surface area contributed by atoms with E-state index >= 15 is 0 Å². The van der Waals surface area contributed by atoms with E-state index < -0.39 is 10.0 Å². The molecule has 7 nitrogen and oxygen atoms in total. The van der Waals surface area contributed by atoms with E-state index in [9.17, 15) is 13.2 Å². The van der Waals surface area contributed by atoms with E-state index in [-0.39, 0.29) is 18.8 Å². The lowest BCUT2D eigenvalue weighted by atomic mass is 10.2. The van der Waals surface area contributed by atoms with Gasteiger partial charge in [-0.3, -0.25) is 9.52 Å². The van der Waals surface area contributed by atoms with Gasteiger partial charge in [-0.05, 0) is 35.7 Å². The molecule has 0 fully saturated rings. The summed E-state index contributed by atoms with van der Waals surface area (Å²) in [6, 6.07) is 14.8. The van der Waals surface area contributed by atoms with Gasteiger partial charge in [0.2, 0.25) is 5.91 Å². The fraction of sp³-hybridized carbons (Fsp3) is 0.200. The lowest BCUT2D eigenvalue weighted by Gasteiger charge is -2.18. The van der Waals surface area contributed by atoms with Crippen molar-refractivity contribution in [1.82, 2.24) is 10.3 Å². The van der Waals surface area contributed by atoms with Crippen molar-refractivity contribution in [3.63, 3.8) is 0 Å². The summed E-state index contributed by atoms with van der Waals surface area (Å²) in [6.45, 7) is 1.39. The third-order valence-electron chi connectivity index (χ3n) is 4.66. The van der Waals surface area contributed by atoms with E-state index in [1.807, 2.05) is 30.3 Å². The molecule has 2 N–H and O–H groups in total. The highest BCUT2D eigenvalue weighted by atomic mass is 32.2. The average Bonchev–Trinajstić information content (AvgIpc) is 3.37. The number of hydrogen-bond acceptors (Lipinski definition) is 6. The Labute approximate surface area is 174 Å². The van der Waals surface area contributed by atoms with Crippen LogP contribution in [0.5, 0.6) is 0 Å². The number of nitrogens with one attached hydrogen (secondary N) is 2. The van der Waals surface area contributed by atoms with Crippen LogP contribution in [0, 0.1) is 0 Å². The fourth-order valence-corrected chi connectivity index (χ4v) is 5.10. The number of carbonyl (C=O) groups is 1. The second-order valence-corrected chi connectivity index (χ2v) is 9.19. The summed E-state index contributed by atoms with van der Waals surface area (Å²) in [5.41, 5.74) is 2.73. The minimum atomic E-state index is -3.71. The Balaban J connectivity index is 0.00000256. The van der Waals surface area contributed by atoms with Gasteiger partial charge in [-0.1, -0.05) is 30.3 Å². The van der Waals surface area contributed by atoms with Gasteiger partial charge in [-0.15, -0.1) is 11.3 Å². The predicted molar refractivity (Wildman–Crippen MR) is 116 cm³/mol. The van der Waals surface area contributed by atoms with Gasteiger partial charge >= 0.3 is 0 Å². The normalized spacial score (nSPS) is 13.3. The molecule has 0 spiro atoms. The van der Waals surface area contributed by atoms with Crippen LogP contribution in [0.2, 0.25) is 0 Å². The lowest BCUT2D eigenvalue weighted by Crippen LogP contribution is -2.36. The van der Waals surface area contributed by atoms with Crippen molar-refractivity contribution in [1.29, 1.82) is 0 Å². The smallest absolute Gasteiger partial charge is 0.263 e. The van der Waals surface area contributed by atoms with Crippen molar-refractivity contribution >= 4 is 38.1 Å². The third kappa shape index (κ3) is 4.47. The number of amides is 1. The summed E-state index contributed by atoms with van der Waals surface area (Å²) in [5, 5.41) is 5.20. The highest BCUT2D eigenvalue weighted by Crippen LogP contribution is 2.31. The molecule has 2 heterocycles. The molecule has 1 aliphatic rings. The molecule has 4 rings (SSSR count). The molecule has 1 aromatic heterocycles. The number of rotatable bonds is 7. The van der Waals surface area contributed by atoms with Gasteiger partial charge in [0, 0.05) is 31.8 Å². The van der Waals surface area contributed by atoms with E-state index in [1.54, 1.807) is 28.6 Å². The van der Waals surface area contributed by atoms with Gasteiger partial charge < -0.3 is 10.2 Å². The Morgan fingerprint density at radius 1 is 1.21 bits per heavy atom. The molecule has 29 heavy (non-hydrogen) atoms. The molecule has 1 aliphatic heterocycles. The summed E-state index contributed by atoms with van der Waals surface area (Å²) >= 11 is 1.22. The molecular formula is C20H22N4O3S2. The molecule has 0 saturated heterocycles. The Bertz CT molecular complexity index is 1110. The molecule has 152 valence electrons. The largest absolute Gasteiger partial charge is 0.311 e. The van der Waals surface area contributed by atoms with Crippen LogP contribution in [0.3, 0.4) is 0 Å². The predicted octanol–water partition coefficient (Wildman–Crippen LogP) is 2.87. The summed E-state index contributed by atoms with van der Waals surface area (Å²) in [4.78, 5) is 18.4. The Morgan fingerprint density at radius 3 is 2.79 bits per heavy atom. The number of sulfonamides is 1. The Morgan fingerprint density at radius 2 is 2.03 bits per heavy atom. The minimum absolute atomic E-state index is 0. The number of benzene rings is 2. The Hall–Kier alpha value is -2.75. The topological polar surface area (TPSA) is 91.4 Å². The Kier molecular flexibility index (Phi) is 5.61. The molecule has 0 unspecified atom stereocenters. The molecule has 0 aliphatic carbocycles. The zero-order valence-electron chi connectivity index (χ0n) is 15.5. The van der Waals surface area contributed by atoms with Gasteiger partial charge in [-0.25, -0.2) is 13.4 Å². The van der Waals surface area contributed by atoms with Crippen LogP contribution in [0.25, 0.3) is 0 Å². The molecule has 0 atom stereocenters. The second-order valence-electron chi connectivity index (χ2n) is 6.62. The highest BCUT2D eigenvalue weighted by molar-refractivity contribution is 7.93. The van der Waals surface area contributed by atoms with Crippen molar-refractivity contribution in [3.05, 3.63) is 71.2 Å².